The van der Waals surface area contributed by atoms with E-state index in [0.29, 0.717) is 11.3 Å². The largest absolute Gasteiger partial charge is 0.482 e. The van der Waals surface area contributed by atoms with Gasteiger partial charge < -0.3 is 15.2 Å². The van der Waals surface area contributed by atoms with Gasteiger partial charge in [0.15, 0.2) is 6.61 Å². The summed E-state index contributed by atoms with van der Waals surface area (Å²) in [6.45, 7) is -0.0700. The van der Waals surface area contributed by atoms with Crippen LogP contribution >= 0.6 is 0 Å². The molecular formula is C12H12N2O5. The van der Waals surface area contributed by atoms with Crippen molar-refractivity contribution in [2.24, 2.45) is 5.73 Å². The Kier molecular flexibility index (Phi) is 3.48. The van der Waals surface area contributed by atoms with E-state index in [9.17, 15) is 14.4 Å². The minimum absolute atomic E-state index is 0.203. The molecule has 0 bridgehead atoms. The summed E-state index contributed by atoms with van der Waals surface area (Å²) in [7, 11) is 1.07. The number of esters is 1. The molecule has 100 valence electrons. The molecule has 0 spiro atoms. The molecule has 0 saturated carbocycles. The van der Waals surface area contributed by atoms with Crippen molar-refractivity contribution in [3.63, 3.8) is 0 Å². The first-order chi connectivity index (χ1) is 9.08. The van der Waals surface area contributed by atoms with Gasteiger partial charge in [0.1, 0.15) is 5.75 Å². The van der Waals surface area contributed by atoms with Gasteiger partial charge in [-0.3, -0.25) is 9.59 Å². The van der Waals surface area contributed by atoms with Crippen LogP contribution in [-0.4, -0.2) is 31.5 Å². The molecule has 0 aliphatic carbocycles. The van der Waals surface area contributed by atoms with Gasteiger partial charge in [0.05, 0.1) is 12.8 Å². The zero-order chi connectivity index (χ0) is 14.0. The second-order valence-electron chi connectivity index (χ2n) is 3.82. The van der Waals surface area contributed by atoms with Crippen molar-refractivity contribution >= 4 is 23.5 Å². The van der Waals surface area contributed by atoms with Crippen molar-refractivity contribution in [3.8, 4) is 5.75 Å². The van der Waals surface area contributed by atoms with E-state index in [-0.39, 0.29) is 18.8 Å². The van der Waals surface area contributed by atoms with Crippen molar-refractivity contribution in [3.05, 3.63) is 23.8 Å². The molecule has 0 unspecified atom stereocenters. The minimum atomic E-state index is -1.11. The number of ether oxygens (including phenoxy) is 2. The van der Waals surface area contributed by atoms with Crippen LogP contribution in [0.15, 0.2) is 18.2 Å². The maximum atomic E-state index is 11.8. The number of hydrogen-bond acceptors (Lipinski definition) is 6. The lowest BCUT2D eigenvalue weighted by Gasteiger charge is -2.27. The Balaban J connectivity index is 2.47. The van der Waals surface area contributed by atoms with Crippen LogP contribution in [-0.2, 0) is 25.7 Å². The lowest BCUT2D eigenvalue weighted by Crippen LogP contribution is -2.46. The molecular weight excluding hydrogens is 252 g/mol. The normalized spacial score (nSPS) is 13.6. The third-order valence-corrected chi connectivity index (χ3v) is 2.66. The van der Waals surface area contributed by atoms with Gasteiger partial charge in [0.2, 0.25) is 0 Å². The van der Waals surface area contributed by atoms with Crippen molar-refractivity contribution in [2.75, 3.05) is 18.6 Å². The predicted octanol–water partition coefficient (Wildman–Crippen LogP) is -0.430. The molecule has 19 heavy (non-hydrogen) atoms. The standard InChI is InChI=1S/C12H12N2O5/c1-18-12(17)11(16)14-8-4-7(5-13)2-3-9(8)19-6-10(14)15/h2-4H,5-6,13H2,1H3. The average Bonchev–Trinajstić information content (AvgIpc) is 2.44. The number of rotatable bonds is 1. The lowest BCUT2D eigenvalue weighted by atomic mass is 10.1. The molecule has 2 amide bonds. The van der Waals surface area contributed by atoms with Crippen LogP contribution in [0.2, 0.25) is 0 Å². The van der Waals surface area contributed by atoms with Gasteiger partial charge in [0.25, 0.3) is 5.91 Å². The number of nitrogens with two attached hydrogens (primary N) is 1. The monoisotopic (exact) mass is 264 g/mol. The highest BCUT2D eigenvalue weighted by Crippen LogP contribution is 2.33. The highest BCUT2D eigenvalue weighted by atomic mass is 16.5. The third kappa shape index (κ3) is 2.27. The molecule has 0 fully saturated rings. The summed E-state index contributed by atoms with van der Waals surface area (Å²) >= 11 is 0. The summed E-state index contributed by atoms with van der Waals surface area (Å²) in [6, 6.07) is 4.85. The third-order valence-electron chi connectivity index (χ3n) is 2.66. The molecule has 1 aromatic rings. The number of methoxy groups -OCH3 is 1. The Morgan fingerprint density at radius 2 is 2.21 bits per heavy atom. The van der Waals surface area contributed by atoms with Gasteiger partial charge in [-0.25, -0.2) is 9.69 Å². The van der Waals surface area contributed by atoms with Crippen molar-refractivity contribution in [1.82, 2.24) is 0 Å². The maximum Gasteiger partial charge on any atom is 0.397 e. The number of carbonyl (C=O) groups excluding carboxylic acids is 3. The van der Waals surface area contributed by atoms with Gasteiger partial charge in [0, 0.05) is 6.54 Å². The first kappa shape index (κ1) is 13.0. The summed E-state index contributed by atoms with van der Waals surface area (Å²) in [5.74, 6) is -2.45. The second-order valence-corrected chi connectivity index (χ2v) is 3.82. The summed E-state index contributed by atoms with van der Waals surface area (Å²) in [5.41, 5.74) is 6.42. The summed E-state index contributed by atoms with van der Waals surface area (Å²) in [5, 5.41) is 0. The Labute approximate surface area is 108 Å². The van der Waals surface area contributed by atoms with Crippen LogP contribution in [0.25, 0.3) is 0 Å². The number of imide groups is 1. The van der Waals surface area contributed by atoms with Crippen LogP contribution in [0, 0.1) is 0 Å². The smallest absolute Gasteiger partial charge is 0.397 e. The maximum absolute atomic E-state index is 11.8. The molecule has 0 radical (unpaired) electrons. The molecule has 1 aliphatic rings. The van der Waals surface area contributed by atoms with E-state index >= 15 is 0 Å². The number of fused-ring (bicyclic) bond motifs is 1. The van der Waals surface area contributed by atoms with Crippen molar-refractivity contribution < 1.29 is 23.9 Å². The Morgan fingerprint density at radius 3 is 2.84 bits per heavy atom. The molecule has 1 aliphatic heterocycles. The van der Waals surface area contributed by atoms with Crippen LogP contribution < -0.4 is 15.4 Å². The van der Waals surface area contributed by atoms with Crippen LogP contribution in [0.4, 0.5) is 5.69 Å². The highest BCUT2D eigenvalue weighted by Gasteiger charge is 2.35. The van der Waals surface area contributed by atoms with Gasteiger partial charge in [-0.05, 0) is 17.7 Å². The molecule has 7 nitrogen and oxygen atoms in total. The highest BCUT2D eigenvalue weighted by molar-refractivity contribution is 6.44. The molecule has 1 heterocycles. The van der Waals surface area contributed by atoms with Crippen molar-refractivity contribution in [2.45, 2.75) is 6.54 Å². The zero-order valence-electron chi connectivity index (χ0n) is 10.2. The van der Waals surface area contributed by atoms with Crippen molar-refractivity contribution in [1.29, 1.82) is 0 Å². The summed E-state index contributed by atoms with van der Waals surface area (Å²) in [4.78, 5) is 35.6. The number of amides is 2. The van der Waals surface area contributed by atoms with Crippen LogP contribution in [0.1, 0.15) is 5.56 Å². The number of anilines is 1. The fourth-order valence-electron chi connectivity index (χ4n) is 1.73. The number of benzene rings is 1. The Morgan fingerprint density at radius 1 is 1.47 bits per heavy atom. The summed E-state index contributed by atoms with van der Waals surface area (Å²) in [6.07, 6.45) is 0. The molecule has 0 aromatic heterocycles. The van der Waals surface area contributed by atoms with E-state index in [4.69, 9.17) is 10.5 Å². The molecule has 0 saturated heterocycles. The lowest BCUT2D eigenvalue weighted by molar-refractivity contribution is -0.152. The van der Waals surface area contributed by atoms with E-state index in [1.54, 1.807) is 12.1 Å². The molecule has 7 heteroatoms. The molecule has 0 atom stereocenters. The van der Waals surface area contributed by atoms with Gasteiger partial charge >= 0.3 is 11.9 Å². The Bertz CT molecular complexity index is 555. The van der Waals surface area contributed by atoms with E-state index in [1.807, 2.05) is 0 Å². The van der Waals surface area contributed by atoms with E-state index < -0.39 is 17.8 Å². The quantitative estimate of drug-likeness (QED) is 0.546. The average molecular weight is 264 g/mol. The number of carbonyl (C=O) groups is 3. The Hall–Kier alpha value is -2.41. The SMILES string of the molecule is COC(=O)C(=O)N1C(=O)COc2ccc(CN)cc21. The number of nitrogens with zero attached hydrogens (tertiary/aromatic N) is 1. The minimum Gasteiger partial charge on any atom is -0.482 e. The zero-order valence-corrected chi connectivity index (χ0v) is 10.2. The van der Waals surface area contributed by atoms with Gasteiger partial charge in [-0.15, -0.1) is 0 Å². The molecule has 2 rings (SSSR count). The van der Waals surface area contributed by atoms with Crippen LogP contribution in [0.5, 0.6) is 5.75 Å². The predicted molar refractivity (Wildman–Crippen MR) is 64.3 cm³/mol. The number of hydrogen-bond donors (Lipinski definition) is 1. The first-order valence-electron chi connectivity index (χ1n) is 5.49. The molecule has 2 N–H and O–H groups in total. The van der Waals surface area contributed by atoms with Gasteiger partial charge in [-0.2, -0.15) is 0 Å². The fourth-order valence-corrected chi connectivity index (χ4v) is 1.73. The molecule has 1 aromatic carbocycles. The van der Waals surface area contributed by atoms with E-state index in [1.165, 1.54) is 6.07 Å². The van der Waals surface area contributed by atoms with E-state index in [0.717, 1.165) is 12.0 Å². The van der Waals surface area contributed by atoms with Crippen LogP contribution in [0.3, 0.4) is 0 Å². The second kappa shape index (κ2) is 5.07. The first-order valence-corrected chi connectivity index (χ1v) is 5.49. The topological polar surface area (TPSA) is 98.9 Å². The van der Waals surface area contributed by atoms with E-state index in [2.05, 4.69) is 4.74 Å². The fraction of sp³-hybridized carbons (Fsp3) is 0.250. The van der Waals surface area contributed by atoms with Gasteiger partial charge in [-0.1, -0.05) is 6.07 Å². The summed E-state index contributed by atoms with van der Waals surface area (Å²) < 4.78 is 9.53.